The Bertz CT molecular complexity index is 2160. The first-order valence-electron chi connectivity index (χ1n) is 20.1. The zero-order valence-corrected chi connectivity index (χ0v) is 34.2. The van der Waals surface area contributed by atoms with Crippen LogP contribution in [0.15, 0.2) is 67.3 Å². The largest absolute Gasteiger partial charge is 0.497 e. The molecule has 4 fully saturated rings. The van der Waals surface area contributed by atoms with Gasteiger partial charge in [0, 0.05) is 43.3 Å². The standard InChI is InChI=1S/C44H54N4O8S/c1-6-30-25-44(30,42(52)46-57(53,54)33-16-17-33)26-38(49)37-23-32(27-48(37)41(51)35(43(2,3)4)24-39(50)47-19-11-8-12-20-47)56-40-34-18-15-31(55-5)21-29(34)22-36(45-40)28-13-9-7-10-14-28/h6-7,9-10,13-15,18,21-22,30,32-33,35,37H,1,8,11-12,16-17,19-20,23-27H2,2-5H3,(H,46,52)/t30-,32-,35-,37+,44-/m1/s1. The number of sulfonamides is 1. The number of rotatable bonds is 14. The first kappa shape index (κ1) is 40.4. The van der Waals surface area contributed by atoms with Gasteiger partial charge in [-0.3, -0.25) is 23.9 Å². The molecular weight excluding hydrogens is 745 g/mol. The van der Waals surface area contributed by atoms with Gasteiger partial charge in [-0.25, -0.2) is 13.4 Å². The van der Waals surface area contributed by atoms with Gasteiger partial charge in [-0.2, -0.15) is 0 Å². The Morgan fingerprint density at radius 3 is 2.39 bits per heavy atom. The molecule has 0 spiro atoms. The quantitative estimate of drug-likeness (QED) is 0.191. The van der Waals surface area contributed by atoms with Gasteiger partial charge in [0.1, 0.15) is 11.9 Å². The zero-order chi connectivity index (χ0) is 40.7. The highest BCUT2D eigenvalue weighted by molar-refractivity contribution is 7.90. The van der Waals surface area contributed by atoms with Gasteiger partial charge in [0.05, 0.1) is 42.0 Å². The van der Waals surface area contributed by atoms with Crippen LogP contribution >= 0.6 is 0 Å². The van der Waals surface area contributed by atoms with Crippen LogP contribution in [0.25, 0.3) is 22.0 Å². The number of hydrogen-bond donors (Lipinski definition) is 1. The molecule has 12 nitrogen and oxygen atoms in total. The minimum absolute atomic E-state index is 0.00230. The van der Waals surface area contributed by atoms with Crippen LogP contribution in [0.4, 0.5) is 0 Å². The fraction of sp³-hybridized carbons (Fsp3) is 0.523. The summed E-state index contributed by atoms with van der Waals surface area (Å²) in [5.41, 5.74) is -0.364. The number of allylic oxidation sites excluding steroid dienone is 1. The molecule has 3 amide bonds. The number of aromatic nitrogens is 1. The highest BCUT2D eigenvalue weighted by Crippen LogP contribution is 2.57. The summed E-state index contributed by atoms with van der Waals surface area (Å²) in [4.78, 5) is 65.2. The Labute approximate surface area is 335 Å². The summed E-state index contributed by atoms with van der Waals surface area (Å²) in [7, 11) is -2.26. The van der Waals surface area contributed by atoms with Gasteiger partial charge < -0.3 is 19.3 Å². The molecule has 0 bridgehead atoms. The smallest absolute Gasteiger partial charge is 0.240 e. The monoisotopic (exact) mass is 798 g/mol. The van der Waals surface area contributed by atoms with Crippen LogP contribution in [0, 0.1) is 22.7 Å². The summed E-state index contributed by atoms with van der Waals surface area (Å²) in [6.07, 6.45) is 4.93. The van der Waals surface area contributed by atoms with Crippen LogP contribution in [0.5, 0.6) is 11.6 Å². The Morgan fingerprint density at radius 1 is 1.04 bits per heavy atom. The number of benzene rings is 2. The number of amides is 3. The molecular formula is C44H54N4O8S. The molecule has 2 aromatic carbocycles. The second-order valence-electron chi connectivity index (χ2n) is 17.3. The average molecular weight is 799 g/mol. The van der Waals surface area contributed by atoms with Crippen molar-refractivity contribution >= 4 is 44.3 Å². The van der Waals surface area contributed by atoms with E-state index in [1.165, 1.54) is 4.90 Å². The second-order valence-corrected chi connectivity index (χ2v) is 19.3. The molecule has 2 aliphatic heterocycles. The summed E-state index contributed by atoms with van der Waals surface area (Å²) in [5.74, 6) is -1.63. The molecule has 0 unspecified atom stereocenters. The number of Topliss-reactive ketones (excluding diaryl/α,β-unsaturated/α-hetero) is 1. The van der Waals surface area contributed by atoms with Crippen molar-refractivity contribution in [2.24, 2.45) is 22.7 Å². The summed E-state index contributed by atoms with van der Waals surface area (Å²) < 4.78 is 40.2. The normalized spacial score (nSPS) is 24.1. The van der Waals surface area contributed by atoms with E-state index in [2.05, 4.69) is 11.3 Å². The van der Waals surface area contributed by atoms with Gasteiger partial charge in [0.2, 0.25) is 33.6 Å². The molecule has 2 aliphatic carbocycles. The van der Waals surface area contributed by atoms with E-state index < -0.39 is 56.0 Å². The lowest BCUT2D eigenvalue weighted by Gasteiger charge is -2.36. The van der Waals surface area contributed by atoms with E-state index in [1.807, 2.05) is 80.3 Å². The first-order valence-corrected chi connectivity index (χ1v) is 21.7. The number of nitrogens with one attached hydrogen (secondary N) is 1. The van der Waals surface area contributed by atoms with Crippen LogP contribution in [-0.2, 0) is 29.2 Å². The van der Waals surface area contributed by atoms with Crippen molar-refractivity contribution < 1.29 is 37.1 Å². The third-order valence-corrected chi connectivity index (χ3v) is 14.1. The molecule has 1 N–H and O–H groups in total. The van der Waals surface area contributed by atoms with Gasteiger partial charge in [0.25, 0.3) is 0 Å². The Kier molecular flexibility index (Phi) is 11.3. The molecule has 2 saturated heterocycles. The molecule has 13 heteroatoms. The molecule has 2 saturated carbocycles. The van der Waals surface area contributed by atoms with Crippen molar-refractivity contribution in [2.75, 3.05) is 26.7 Å². The summed E-state index contributed by atoms with van der Waals surface area (Å²) in [6, 6.07) is 16.3. The number of likely N-dealkylation sites (tertiary alicyclic amines) is 2. The lowest BCUT2D eigenvalue weighted by Crippen LogP contribution is -2.49. The third-order valence-electron chi connectivity index (χ3n) is 12.3. The number of pyridine rings is 1. The molecule has 3 heterocycles. The van der Waals surface area contributed by atoms with E-state index in [-0.39, 0.29) is 49.8 Å². The van der Waals surface area contributed by atoms with Crippen molar-refractivity contribution in [1.82, 2.24) is 19.5 Å². The number of hydrogen-bond acceptors (Lipinski definition) is 9. The lowest BCUT2D eigenvalue weighted by atomic mass is 9.77. The van der Waals surface area contributed by atoms with E-state index in [9.17, 15) is 27.6 Å². The van der Waals surface area contributed by atoms with E-state index in [4.69, 9.17) is 14.5 Å². The fourth-order valence-electron chi connectivity index (χ4n) is 8.49. The van der Waals surface area contributed by atoms with E-state index in [0.29, 0.717) is 43.3 Å². The lowest BCUT2D eigenvalue weighted by molar-refractivity contribution is -0.148. The van der Waals surface area contributed by atoms with Crippen LogP contribution in [-0.4, -0.2) is 90.8 Å². The maximum absolute atomic E-state index is 14.9. The van der Waals surface area contributed by atoms with Crippen LogP contribution < -0.4 is 14.2 Å². The van der Waals surface area contributed by atoms with E-state index in [1.54, 1.807) is 13.2 Å². The number of piperidine rings is 1. The van der Waals surface area contributed by atoms with Crippen LogP contribution in [0.1, 0.15) is 78.6 Å². The Hall–Kier alpha value is -4.78. The van der Waals surface area contributed by atoms with E-state index >= 15 is 0 Å². The molecule has 304 valence electrons. The molecule has 4 aliphatic rings. The Balaban J connectivity index is 1.21. The van der Waals surface area contributed by atoms with Gasteiger partial charge in [-0.1, -0.05) is 57.2 Å². The van der Waals surface area contributed by atoms with Crippen molar-refractivity contribution in [2.45, 2.75) is 96.0 Å². The number of ketones is 1. The van der Waals surface area contributed by atoms with Gasteiger partial charge in [-0.05, 0) is 79.5 Å². The number of nitrogens with zero attached hydrogens (tertiary/aromatic N) is 3. The predicted octanol–water partition coefficient (Wildman–Crippen LogP) is 6.08. The maximum Gasteiger partial charge on any atom is 0.240 e. The summed E-state index contributed by atoms with van der Waals surface area (Å²) >= 11 is 0. The fourth-order valence-corrected chi connectivity index (χ4v) is 9.87. The van der Waals surface area contributed by atoms with Crippen molar-refractivity contribution in [1.29, 1.82) is 0 Å². The van der Waals surface area contributed by atoms with Crippen LogP contribution in [0.3, 0.4) is 0 Å². The molecule has 7 rings (SSSR count). The number of carbonyl (C=O) groups excluding carboxylic acids is 4. The Morgan fingerprint density at radius 2 is 1.75 bits per heavy atom. The molecule has 0 radical (unpaired) electrons. The number of carbonyl (C=O) groups is 4. The predicted molar refractivity (Wildman–Crippen MR) is 217 cm³/mol. The molecule has 57 heavy (non-hydrogen) atoms. The van der Waals surface area contributed by atoms with E-state index in [0.717, 1.165) is 35.6 Å². The maximum atomic E-state index is 14.9. The second kappa shape index (κ2) is 15.9. The first-order chi connectivity index (χ1) is 27.1. The minimum Gasteiger partial charge on any atom is -0.497 e. The minimum atomic E-state index is -3.86. The van der Waals surface area contributed by atoms with Crippen molar-refractivity contribution in [3.8, 4) is 22.9 Å². The number of fused-ring (bicyclic) bond motifs is 1. The van der Waals surface area contributed by atoms with Gasteiger partial charge in [0.15, 0.2) is 5.78 Å². The van der Waals surface area contributed by atoms with Crippen LogP contribution in [0.2, 0.25) is 0 Å². The van der Waals surface area contributed by atoms with Crippen molar-refractivity contribution in [3.63, 3.8) is 0 Å². The SMILES string of the molecule is C=C[C@@H]1C[C@]1(CC(=O)[C@@H]1C[C@@H](Oc2nc(-c3ccccc3)cc3cc(OC)ccc23)CN1C(=O)[C@@H](CC(=O)N1CCCCC1)C(C)(C)C)C(=O)NS(=O)(=O)C1CC1. The summed E-state index contributed by atoms with van der Waals surface area (Å²) in [5, 5.41) is 0.949. The number of methoxy groups -OCH3 is 1. The highest BCUT2D eigenvalue weighted by atomic mass is 32.2. The molecule has 3 aromatic rings. The van der Waals surface area contributed by atoms with Crippen molar-refractivity contribution in [3.05, 3.63) is 67.3 Å². The summed E-state index contributed by atoms with van der Waals surface area (Å²) in [6.45, 7) is 11.0. The number of ether oxygens (including phenoxy) is 2. The van der Waals surface area contributed by atoms with Gasteiger partial charge in [-0.15, -0.1) is 6.58 Å². The highest BCUT2D eigenvalue weighted by Gasteiger charge is 2.61. The third kappa shape index (κ3) is 8.59. The van der Waals surface area contributed by atoms with Gasteiger partial charge >= 0.3 is 0 Å². The topological polar surface area (TPSA) is 152 Å². The average Bonchev–Trinajstić information content (AvgIpc) is 4.13. The molecule has 5 atom stereocenters. The zero-order valence-electron chi connectivity index (χ0n) is 33.4. The molecule has 1 aromatic heterocycles.